The summed E-state index contributed by atoms with van der Waals surface area (Å²) in [6, 6.07) is 2.05. The van der Waals surface area contributed by atoms with E-state index in [9.17, 15) is 0 Å². The monoisotopic (exact) mass is 293 g/mol. The van der Waals surface area contributed by atoms with Crippen LogP contribution in [0.4, 0.5) is 0 Å². The molecule has 1 aromatic rings. The zero-order chi connectivity index (χ0) is 11.1. The third kappa shape index (κ3) is 4.61. The molecule has 0 amide bonds. The van der Waals surface area contributed by atoms with E-state index in [4.69, 9.17) is 9.84 Å². The van der Waals surface area contributed by atoms with Gasteiger partial charge in [0.15, 0.2) is 0 Å². The molecule has 0 fully saturated rings. The van der Waals surface area contributed by atoms with Crippen molar-refractivity contribution in [2.75, 3.05) is 33.4 Å². The molecule has 0 aliphatic heterocycles. The molecule has 0 radical (unpaired) electrons. The molecule has 0 atom stereocenters. The van der Waals surface area contributed by atoms with Crippen molar-refractivity contribution in [3.63, 3.8) is 0 Å². The molecule has 15 heavy (non-hydrogen) atoms. The van der Waals surface area contributed by atoms with Gasteiger partial charge in [-0.15, -0.1) is 11.3 Å². The molecule has 1 N–H and O–H groups in total. The summed E-state index contributed by atoms with van der Waals surface area (Å²) in [6.45, 7) is 3.28. The Bertz CT molecular complexity index is 280. The minimum Gasteiger partial charge on any atom is -0.395 e. The molecular weight excluding hydrogens is 278 g/mol. The number of thiophene rings is 1. The smallest absolute Gasteiger partial charge is 0.0589 e. The van der Waals surface area contributed by atoms with Crippen LogP contribution in [0, 0.1) is 0 Å². The first-order valence-corrected chi connectivity index (χ1v) is 6.49. The lowest BCUT2D eigenvalue weighted by Crippen LogP contribution is -2.29. The van der Waals surface area contributed by atoms with Crippen molar-refractivity contribution < 1.29 is 9.84 Å². The number of aliphatic hydroxyl groups is 1. The Hall–Kier alpha value is 0.0600. The van der Waals surface area contributed by atoms with Gasteiger partial charge in [0.25, 0.3) is 0 Å². The van der Waals surface area contributed by atoms with Crippen LogP contribution < -0.4 is 0 Å². The van der Waals surface area contributed by atoms with Gasteiger partial charge in [0, 0.05) is 36.1 Å². The first-order valence-electron chi connectivity index (χ1n) is 4.82. The standard InChI is InChI=1S/C10H16BrNO2S/c1-14-6-4-12(3-5-13)8-10-9(11)2-7-15-10/h2,7,13H,3-6,8H2,1H3. The van der Waals surface area contributed by atoms with Crippen molar-refractivity contribution in [3.8, 4) is 0 Å². The van der Waals surface area contributed by atoms with Crippen LogP contribution in [-0.2, 0) is 11.3 Å². The van der Waals surface area contributed by atoms with E-state index in [1.54, 1.807) is 18.4 Å². The van der Waals surface area contributed by atoms with E-state index in [1.807, 2.05) is 6.07 Å². The fourth-order valence-electron chi connectivity index (χ4n) is 1.27. The molecule has 0 unspecified atom stereocenters. The molecule has 0 saturated heterocycles. The van der Waals surface area contributed by atoms with Gasteiger partial charge in [0.2, 0.25) is 0 Å². The lowest BCUT2D eigenvalue weighted by atomic mass is 10.4. The van der Waals surface area contributed by atoms with Gasteiger partial charge < -0.3 is 9.84 Å². The lowest BCUT2D eigenvalue weighted by Gasteiger charge is -2.20. The summed E-state index contributed by atoms with van der Waals surface area (Å²) in [5, 5.41) is 11.0. The average Bonchev–Trinajstić information content (AvgIpc) is 2.61. The number of nitrogens with zero attached hydrogens (tertiary/aromatic N) is 1. The minimum atomic E-state index is 0.187. The molecule has 1 aromatic heterocycles. The summed E-state index contributed by atoms with van der Waals surface area (Å²) in [4.78, 5) is 3.47. The van der Waals surface area contributed by atoms with Crippen LogP contribution >= 0.6 is 27.3 Å². The Morgan fingerprint density at radius 1 is 1.53 bits per heavy atom. The highest BCUT2D eigenvalue weighted by Gasteiger charge is 2.08. The van der Waals surface area contributed by atoms with E-state index in [2.05, 4.69) is 26.2 Å². The fraction of sp³-hybridized carbons (Fsp3) is 0.600. The Kier molecular flexibility index (Phi) is 6.43. The third-order valence-electron chi connectivity index (χ3n) is 2.09. The maximum absolute atomic E-state index is 8.94. The number of halogens is 1. The van der Waals surface area contributed by atoms with Crippen LogP contribution in [0.1, 0.15) is 4.88 Å². The Balaban J connectivity index is 2.46. The summed E-state index contributed by atoms with van der Waals surface area (Å²) in [7, 11) is 1.69. The van der Waals surface area contributed by atoms with Gasteiger partial charge in [-0.25, -0.2) is 0 Å². The molecule has 0 aliphatic rings. The predicted octanol–water partition coefficient (Wildman–Crippen LogP) is 1.95. The van der Waals surface area contributed by atoms with E-state index >= 15 is 0 Å². The second-order valence-electron chi connectivity index (χ2n) is 3.18. The molecule has 0 saturated carbocycles. The highest BCUT2D eigenvalue weighted by atomic mass is 79.9. The van der Waals surface area contributed by atoms with E-state index < -0.39 is 0 Å². The molecular formula is C10H16BrNO2S. The quantitative estimate of drug-likeness (QED) is 0.834. The van der Waals surface area contributed by atoms with Crippen molar-refractivity contribution >= 4 is 27.3 Å². The van der Waals surface area contributed by atoms with E-state index in [-0.39, 0.29) is 6.61 Å². The van der Waals surface area contributed by atoms with Crippen molar-refractivity contribution in [2.45, 2.75) is 6.54 Å². The van der Waals surface area contributed by atoms with Crippen LogP contribution in [-0.4, -0.2) is 43.4 Å². The van der Waals surface area contributed by atoms with E-state index in [0.717, 1.165) is 17.6 Å². The minimum absolute atomic E-state index is 0.187. The SMILES string of the molecule is COCCN(CCO)Cc1sccc1Br. The number of ether oxygens (including phenoxy) is 1. The summed E-state index contributed by atoms with van der Waals surface area (Å²) < 4.78 is 6.18. The second-order valence-corrected chi connectivity index (χ2v) is 5.04. The highest BCUT2D eigenvalue weighted by Crippen LogP contribution is 2.23. The maximum Gasteiger partial charge on any atom is 0.0589 e. The first kappa shape index (κ1) is 13.1. The summed E-state index contributed by atoms with van der Waals surface area (Å²) >= 11 is 5.23. The number of aliphatic hydroxyl groups excluding tert-OH is 1. The largest absolute Gasteiger partial charge is 0.395 e. The van der Waals surface area contributed by atoms with Crippen LogP contribution in [0.15, 0.2) is 15.9 Å². The van der Waals surface area contributed by atoms with Gasteiger partial charge in [-0.3, -0.25) is 4.90 Å². The molecule has 0 aromatic carbocycles. The van der Waals surface area contributed by atoms with Gasteiger partial charge in [-0.1, -0.05) is 0 Å². The van der Waals surface area contributed by atoms with Crippen molar-refractivity contribution in [2.24, 2.45) is 0 Å². The molecule has 5 heteroatoms. The molecule has 0 bridgehead atoms. The van der Waals surface area contributed by atoms with Crippen LogP contribution in [0.2, 0.25) is 0 Å². The van der Waals surface area contributed by atoms with Crippen LogP contribution in [0.5, 0.6) is 0 Å². The zero-order valence-electron chi connectivity index (χ0n) is 8.78. The normalized spacial score (nSPS) is 11.2. The molecule has 0 aliphatic carbocycles. The molecule has 1 heterocycles. The summed E-state index contributed by atoms with van der Waals surface area (Å²) in [5.74, 6) is 0. The fourth-order valence-corrected chi connectivity index (χ4v) is 2.79. The zero-order valence-corrected chi connectivity index (χ0v) is 11.2. The second kappa shape index (κ2) is 7.35. The van der Waals surface area contributed by atoms with Gasteiger partial charge >= 0.3 is 0 Å². The van der Waals surface area contributed by atoms with Gasteiger partial charge in [-0.2, -0.15) is 0 Å². The number of hydrogen-bond acceptors (Lipinski definition) is 4. The van der Waals surface area contributed by atoms with Crippen molar-refractivity contribution in [1.29, 1.82) is 0 Å². The predicted molar refractivity (Wildman–Crippen MR) is 66.3 cm³/mol. The first-order chi connectivity index (χ1) is 7.27. The van der Waals surface area contributed by atoms with Crippen molar-refractivity contribution in [3.05, 3.63) is 20.8 Å². The Morgan fingerprint density at radius 2 is 2.33 bits per heavy atom. The van der Waals surface area contributed by atoms with E-state index in [1.165, 1.54) is 4.88 Å². The molecule has 0 spiro atoms. The molecule has 3 nitrogen and oxygen atoms in total. The highest BCUT2D eigenvalue weighted by molar-refractivity contribution is 9.10. The summed E-state index contributed by atoms with van der Waals surface area (Å²) in [5.41, 5.74) is 0. The topological polar surface area (TPSA) is 32.7 Å². The van der Waals surface area contributed by atoms with E-state index in [0.29, 0.717) is 13.2 Å². The third-order valence-corrected chi connectivity index (χ3v) is 4.00. The molecule has 1 rings (SSSR count). The van der Waals surface area contributed by atoms with Crippen molar-refractivity contribution in [1.82, 2.24) is 4.90 Å². The molecule has 86 valence electrons. The van der Waals surface area contributed by atoms with Gasteiger partial charge in [0.1, 0.15) is 0 Å². The van der Waals surface area contributed by atoms with Gasteiger partial charge in [0.05, 0.1) is 13.2 Å². The Labute approximate surface area is 103 Å². The van der Waals surface area contributed by atoms with Crippen LogP contribution in [0.25, 0.3) is 0 Å². The average molecular weight is 294 g/mol. The maximum atomic E-state index is 8.94. The summed E-state index contributed by atoms with van der Waals surface area (Å²) in [6.07, 6.45) is 0. The van der Waals surface area contributed by atoms with Crippen LogP contribution in [0.3, 0.4) is 0 Å². The Morgan fingerprint density at radius 3 is 2.87 bits per heavy atom. The number of rotatable bonds is 7. The number of hydrogen-bond donors (Lipinski definition) is 1. The number of methoxy groups -OCH3 is 1. The van der Waals surface area contributed by atoms with Gasteiger partial charge in [-0.05, 0) is 27.4 Å². The lowest BCUT2D eigenvalue weighted by molar-refractivity contribution is 0.127.